The van der Waals surface area contributed by atoms with Crippen LogP contribution < -0.4 is 0 Å². The van der Waals surface area contributed by atoms with Gasteiger partial charge in [-0.15, -0.1) is 11.8 Å². The third-order valence-electron chi connectivity index (χ3n) is 1.79. The molecule has 17 heavy (non-hydrogen) atoms. The second-order valence-electron chi connectivity index (χ2n) is 3.56. The van der Waals surface area contributed by atoms with Crippen LogP contribution >= 0.6 is 11.8 Å². The Labute approximate surface area is 107 Å². The summed E-state index contributed by atoms with van der Waals surface area (Å²) < 4.78 is 0. The Kier molecular flexibility index (Phi) is 7.89. The summed E-state index contributed by atoms with van der Waals surface area (Å²) in [6, 6.07) is 6.75. The number of carboxylic acid groups (broad SMARTS) is 1. The molecule has 0 atom stereocenters. The average Bonchev–Trinajstić information content (AvgIpc) is 2.27. The number of hydrogen-bond donors (Lipinski definition) is 1. The Balaban J connectivity index is 0.000000325. The molecule has 1 rings (SSSR count). The highest BCUT2D eigenvalue weighted by molar-refractivity contribution is 8.01. The average molecular weight is 250 g/mol. The SMILES string of the molecule is C=C(C)/C=C\SC.Cc1ccc(C(=O)O)cc1. The Morgan fingerprint density at radius 3 is 2.18 bits per heavy atom. The molecule has 0 unspecified atom stereocenters. The van der Waals surface area contributed by atoms with E-state index >= 15 is 0 Å². The van der Waals surface area contributed by atoms with E-state index in [2.05, 4.69) is 6.58 Å². The van der Waals surface area contributed by atoms with E-state index in [0.717, 1.165) is 11.1 Å². The van der Waals surface area contributed by atoms with E-state index < -0.39 is 5.97 Å². The number of benzene rings is 1. The molecule has 1 aromatic carbocycles. The molecule has 0 saturated heterocycles. The quantitative estimate of drug-likeness (QED) is 0.819. The number of carboxylic acids is 1. The molecule has 0 heterocycles. The second kappa shape index (κ2) is 8.65. The number of allylic oxidation sites excluding steroid dienone is 2. The van der Waals surface area contributed by atoms with Gasteiger partial charge in [-0.2, -0.15) is 0 Å². The van der Waals surface area contributed by atoms with Crippen LogP contribution in [0.4, 0.5) is 0 Å². The number of hydrogen-bond acceptors (Lipinski definition) is 2. The number of carbonyl (C=O) groups is 1. The largest absolute Gasteiger partial charge is 0.478 e. The summed E-state index contributed by atoms with van der Waals surface area (Å²) in [5.41, 5.74) is 2.52. The van der Waals surface area contributed by atoms with Crippen molar-refractivity contribution in [1.29, 1.82) is 0 Å². The van der Waals surface area contributed by atoms with E-state index in [1.807, 2.05) is 31.6 Å². The normalized spacial score (nSPS) is 9.59. The van der Waals surface area contributed by atoms with Gasteiger partial charge in [-0.25, -0.2) is 4.79 Å². The van der Waals surface area contributed by atoms with Gasteiger partial charge in [0, 0.05) is 0 Å². The summed E-state index contributed by atoms with van der Waals surface area (Å²) >= 11 is 1.69. The van der Waals surface area contributed by atoms with Crippen LogP contribution in [0.1, 0.15) is 22.8 Å². The van der Waals surface area contributed by atoms with Crippen molar-refractivity contribution < 1.29 is 9.90 Å². The van der Waals surface area contributed by atoms with Crippen molar-refractivity contribution in [2.24, 2.45) is 0 Å². The van der Waals surface area contributed by atoms with Gasteiger partial charge in [-0.1, -0.05) is 35.9 Å². The summed E-state index contributed by atoms with van der Waals surface area (Å²) in [6.07, 6.45) is 4.02. The third kappa shape index (κ3) is 8.34. The fourth-order valence-corrected chi connectivity index (χ4v) is 1.25. The molecule has 3 heteroatoms. The molecular formula is C14H18O2S. The molecule has 0 aliphatic carbocycles. The van der Waals surface area contributed by atoms with Crippen molar-refractivity contribution in [3.05, 3.63) is 59.0 Å². The number of thioether (sulfide) groups is 1. The van der Waals surface area contributed by atoms with Gasteiger partial charge in [0.15, 0.2) is 0 Å². The molecular weight excluding hydrogens is 232 g/mol. The zero-order chi connectivity index (χ0) is 13.3. The van der Waals surface area contributed by atoms with Crippen LogP contribution in [-0.2, 0) is 0 Å². The first-order valence-corrected chi connectivity index (χ1v) is 6.41. The van der Waals surface area contributed by atoms with Gasteiger partial charge >= 0.3 is 5.97 Å². The summed E-state index contributed by atoms with van der Waals surface area (Å²) in [5.74, 6) is -0.875. The van der Waals surface area contributed by atoms with E-state index in [4.69, 9.17) is 5.11 Å². The molecule has 0 fully saturated rings. The maximum Gasteiger partial charge on any atom is 0.335 e. The summed E-state index contributed by atoms with van der Waals surface area (Å²) in [6.45, 7) is 7.59. The lowest BCUT2D eigenvalue weighted by Gasteiger charge is -1.92. The Bertz CT molecular complexity index is 391. The molecule has 0 aliphatic rings. The van der Waals surface area contributed by atoms with E-state index in [-0.39, 0.29) is 0 Å². The first kappa shape index (κ1) is 15.5. The predicted octanol–water partition coefficient (Wildman–Crippen LogP) is 4.13. The lowest BCUT2D eigenvalue weighted by Crippen LogP contribution is -1.94. The minimum Gasteiger partial charge on any atom is -0.478 e. The van der Waals surface area contributed by atoms with Crippen LogP contribution in [-0.4, -0.2) is 17.3 Å². The van der Waals surface area contributed by atoms with E-state index in [0.29, 0.717) is 5.56 Å². The Morgan fingerprint density at radius 1 is 1.35 bits per heavy atom. The van der Waals surface area contributed by atoms with Crippen LogP contribution in [0.2, 0.25) is 0 Å². The molecule has 1 aromatic rings. The molecule has 0 amide bonds. The molecule has 0 bridgehead atoms. The first-order valence-electron chi connectivity index (χ1n) is 5.12. The molecule has 92 valence electrons. The van der Waals surface area contributed by atoms with Gasteiger partial charge in [0.1, 0.15) is 0 Å². The molecule has 1 N–H and O–H groups in total. The summed E-state index contributed by atoms with van der Waals surface area (Å²) in [7, 11) is 0. The lowest BCUT2D eigenvalue weighted by molar-refractivity contribution is 0.0697. The molecule has 0 aromatic heterocycles. The van der Waals surface area contributed by atoms with Crippen LogP contribution in [0.5, 0.6) is 0 Å². The highest BCUT2D eigenvalue weighted by Gasteiger charge is 1.98. The van der Waals surface area contributed by atoms with Gasteiger partial charge in [0.2, 0.25) is 0 Å². The van der Waals surface area contributed by atoms with Crippen molar-refractivity contribution in [2.45, 2.75) is 13.8 Å². The fraction of sp³-hybridized carbons (Fsp3) is 0.214. The second-order valence-corrected chi connectivity index (χ2v) is 4.30. The van der Waals surface area contributed by atoms with Crippen LogP contribution in [0.25, 0.3) is 0 Å². The van der Waals surface area contributed by atoms with Crippen molar-refractivity contribution >= 4 is 17.7 Å². The third-order valence-corrected chi connectivity index (χ3v) is 2.20. The van der Waals surface area contributed by atoms with Crippen molar-refractivity contribution in [2.75, 3.05) is 6.26 Å². The Hall–Kier alpha value is -1.48. The summed E-state index contributed by atoms with van der Waals surface area (Å²) in [4.78, 5) is 10.3. The lowest BCUT2D eigenvalue weighted by atomic mass is 10.2. The number of rotatable bonds is 3. The zero-order valence-electron chi connectivity index (χ0n) is 10.4. The minimum atomic E-state index is -0.875. The standard InChI is InChI=1S/C8H8O2.C6H10S/c1-6-2-4-7(5-3-6)8(9)10;1-6(2)4-5-7-3/h2-5H,1H3,(H,9,10);4-5H,1H2,2-3H3/b;5-4-. The number of aryl methyl sites for hydroxylation is 1. The smallest absolute Gasteiger partial charge is 0.335 e. The van der Waals surface area contributed by atoms with E-state index in [1.54, 1.807) is 36.0 Å². The zero-order valence-corrected chi connectivity index (χ0v) is 11.3. The molecule has 0 aliphatic heterocycles. The van der Waals surface area contributed by atoms with Crippen LogP contribution in [0, 0.1) is 6.92 Å². The summed E-state index contributed by atoms with van der Waals surface area (Å²) in [5, 5.41) is 10.5. The molecule has 0 spiro atoms. The Morgan fingerprint density at radius 2 is 1.88 bits per heavy atom. The van der Waals surface area contributed by atoms with Gasteiger partial charge in [-0.3, -0.25) is 0 Å². The minimum absolute atomic E-state index is 0.339. The van der Waals surface area contributed by atoms with E-state index in [1.165, 1.54) is 0 Å². The molecule has 2 nitrogen and oxygen atoms in total. The highest BCUT2D eigenvalue weighted by atomic mass is 32.2. The van der Waals surface area contributed by atoms with Crippen molar-refractivity contribution in [3.8, 4) is 0 Å². The van der Waals surface area contributed by atoms with Gasteiger partial charge in [0.05, 0.1) is 5.56 Å². The van der Waals surface area contributed by atoms with Crippen LogP contribution in [0.3, 0.4) is 0 Å². The van der Waals surface area contributed by atoms with Crippen molar-refractivity contribution in [3.63, 3.8) is 0 Å². The maximum atomic E-state index is 10.3. The number of aromatic carboxylic acids is 1. The molecule has 0 radical (unpaired) electrons. The van der Waals surface area contributed by atoms with Gasteiger partial charge < -0.3 is 5.11 Å². The monoisotopic (exact) mass is 250 g/mol. The van der Waals surface area contributed by atoms with Gasteiger partial charge in [0.25, 0.3) is 0 Å². The van der Waals surface area contributed by atoms with Crippen molar-refractivity contribution in [1.82, 2.24) is 0 Å². The van der Waals surface area contributed by atoms with Gasteiger partial charge in [-0.05, 0) is 37.6 Å². The highest BCUT2D eigenvalue weighted by Crippen LogP contribution is 2.01. The molecule has 0 saturated carbocycles. The van der Waals surface area contributed by atoms with E-state index in [9.17, 15) is 4.79 Å². The first-order chi connectivity index (χ1) is 7.97. The fourth-order valence-electron chi connectivity index (χ4n) is 0.880. The maximum absolute atomic E-state index is 10.3. The van der Waals surface area contributed by atoms with Crippen LogP contribution in [0.15, 0.2) is 47.9 Å². The predicted molar refractivity (Wildman–Crippen MR) is 75.6 cm³/mol. The topological polar surface area (TPSA) is 37.3 Å².